The molecule has 3 nitrogen and oxygen atoms in total. The lowest BCUT2D eigenvalue weighted by molar-refractivity contribution is 0.432. The molecule has 0 heterocycles. The molecule has 0 spiro atoms. The van der Waals surface area contributed by atoms with Crippen LogP contribution in [0.3, 0.4) is 0 Å². The van der Waals surface area contributed by atoms with E-state index in [2.05, 4.69) is 0 Å². The van der Waals surface area contributed by atoms with Crippen molar-refractivity contribution in [3.8, 4) is 11.8 Å². The van der Waals surface area contributed by atoms with Crippen LogP contribution in [0.1, 0.15) is 5.56 Å². The van der Waals surface area contributed by atoms with Gasteiger partial charge in [0, 0.05) is 0 Å². The zero-order chi connectivity index (χ0) is 8.43. The van der Waals surface area contributed by atoms with Gasteiger partial charge < -0.3 is 10.8 Å². The molecule has 1 aromatic rings. The summed E-state index contributed by atoms with van der Waals surface area (Å²) in [6, 6.07) is 3.92. The number of anilines is 1. The molecule has 1 rings (SSSR count). The highest BCUT2D eigenvalue weighted by atomic mass is 19.1. The second kappa shape index (κ2) is 2.46. The predicted molar refractivity (Wildman–Crippen MR) is 37.2 cm³/mol. The lowest BCUT2D eigenvalue weighted by Gasteiger charge is -1.99. The maximum Gasteiger partial charge on any atom is 0.184 e. The summed E-state index contributed by atoms with van der Waals surface area (Å²) in [6.07, 6.45) is 0. The SMILES string of the molecule is N#Cc1c(N)ccc(O)c1F. The average molecular weight is 152 g/mol. The monoisotopic (exact) mass is 152 g/mol. The Balaban J connectivity index is 3.44. The summed E-state index contributed by atoms with van der Waals surface area (Å²) in [4.78, 5) is 0. The number of nitrogens with two attached hydrogens (primary N) is 1. The highest BCUT2D eigenvalue weighted by molar-refractivity contribution is 5.57. The van der Waals surface area contributed by atoms with Gasteiger partial charge in [0.25, 0.3) is 0 Å². The third kappa shape index (κ3) is 1.08. The third-order valence-electron chi connectivity index (χ3n) is 1.27. The van der Waals surface area contributed by atoms with Gasteiger partial charge in [0.2, 0.25) is 0 Å². The summed E-state index contributed by atoms with van der Waals surface area (Å²) in [5.41, 5.74) is 4.94. The van der Waals surface area contributed by atoms with E-state index < -0.39 is 11.6 Å². The predicted octanol–water partition coefficient (Wildman–Crippen LogP) is 0.985. The number of nitrogens with zero attached hydrogens (tertiary/aromatic N) is 1. The Bertz CT molecular complexity index is 330. The minimum Gasteiger partial charge on any atom is -0.505 e. The fourth-order valence-corrected chi connectivity index (χ4v) is 0.694. The van der Waals surface area contributed by atoms with Crippen molar-refractivity contribution in [3.63, 3.8) is 0 Å². The Labute approximate surface area is 62.5 Å². The van der Waals surface area contributed by atoms with Gasteiger partial charge >= 0.3 is 0 Å². The lowest BCUT2D eigenvalue weighted by Crippen LogP contribution is -1.93. The van der Waals surface area contributed by atoms with Crippen LogP contribution in [-0.4, -0.2) is 5.11 Å². The third-order valence-corrected chi connectivity index (χ3v) is 1.27. The van der Waals surface area contributed by atoms with Crippen molar-refractivity contribution in [2.45, 2.75) is 0 Å². The first-order valence-electron chi connectivity index (χ1n) is 2.84. The molecular weight excluding hydrogens is 147 g/mol. The molecule has 0 aliphatic rings. The maximum atomic E-state index is 12.7. The van der Waals surface area contributed by atoms with Gasteiger partial charge in [0.05, 0.1) is 5.69 Å². The van der Waals surface area contributed by atoms with Gasteiger partial charge in [-0.15, -0.1) is 0 Å². The topological polar surface area (TPSA) is 70.0 Å². The van der Waals surface area contributed by atoms with Crippen LogP contribution in [0.4, 0.5) is 10.1 Å². The lowest BCUT2D eigenvalue weighted by atomic mass is 10.2. The molecule has 11 heavy (non-hydrogen) atoms. The number of phenolic OH excluding ortho intramolecular Hbond substituents is 1. The van der Waals surface area contributed by atoms with E-state index in [9.17, 15) is 4.39 Å². The van der Waals surface area contributed by atoms with E-state index in [1.54, 1.807) is 6.07 Å². The number of rotatable bonds is 0. The highest BCUT2D eigenvalue weighted by Gasteiger charge is 2.09. The van der Waals surface area contributed by atoms with Crippen LogP contribution in [0.2, 0.25) is 0 Å². The Kier molecular flexibility index (Phi) is 1.65. The van der Waals surface area contributed by atoms with Gasteiger partial charge in [-0.3, -0.25) is 0 Å². The van der Waals surface area contributed by atoms with Crippen molar-refractivity contribution in [1.29, 1.82) is 5.26 Å². The van der Waals surface area contributed by atoms with E-state index in [1.165, 1.54) is 6.07 Å². The fraction of sp³-hybridized carbons (Fsp3) is 0. The summed E-state index contributed by atoms with van der Waals surface area (Å²) in [5, 5.41) is 17.1. The first kappa shape index (κ1) is 7.35. The summed E-state index contributed by atoms with van der Waals surface area (Å²) in [7, 11) is 0. The number of nitriles is 1. The zero-order valence-electron chi connectivity index (χ0n) is 5.50. The first-order valence-corrected chi connectivity index (χ1v) is 2.84. The van der Waals surface area contributed by atoms with E-state index in [4.69, 9.17) is 16.1 Å². The van der Waals surface area contributed by atoms with Gasteiger partial charge in [-0.25, -0.2) is 4.39 Å². The smallest absolute Gasteiger partial charge is 0.184 e. The quantitative estimate of drug-likeness (QED) is 0.430. The molecule has 0 aliphatic carbocycles. The van der Waals surface area contributed by atoms with Crippen molar-refractivity contribution in [1.82, 2.24) is 0 Å². The molecular formula is C7H5FN2O. The van der Waals surface area contributed by atoms with E-state index in [0.29, 0.717) is 0 Å². The number of hydrogen-bond acceptors (Lipinski definition) is 3. The number of hydrogen-bond donors (Lipinski definition) is 2. The molecule has 0 atom stereocenters. The van der Waals surface area contributed by atoms with Crippen LogP contribution in [0, 0.1) is 17.1 Å². The molecule has 0 saturated heterocycles. The van der Waals surface area contributed by atoms with Crippen molar-refractivity contribution in [3.05, 3.63) is 23.5 Å². The Morgan fingerprint density at radius 1 is 1.55 bits per heavy atom. The van der Waals surface area contributed by atoms with Crippen molar-refractivity contribution in [2.24, 2.45) is 0 Å². The highest BCUT2D eigenvalue weighted by Crippen LogP contribution is 2.22. The van der Waals surface area contributed by atoms with Gasteiger partial charge in [-0.05, 0) is 12.1 Å². The van der Waals surface area contributed by atoms with Gasteiger partial charge in [-0.1, -0.05) is 0 Å². The molecule has 3 N–H and O–H groups in total. The number of benzene rings is 1. The van der Waals surface area contributed by atoms with E-state index in [-0.39, 0.29) is 11.3 Å². The number of phenols is 1. The normalized spacial score (nSPS) is 9.09. The van der Waals surface area contributed by atoms with Crippen molar-refractivity contribution >= 4 is 5.69 Å². The molecule has 0 unspecified atom stereocenters. The van der Waals surface area contributed by atoms with Gasteiger partial charge in [0.1, 0.15) is 11.6 Å². The second-order valence-corrected chi connectivity index (χ2v) is 1.97. The fourth-order valence-electron chi connectivity index (χ4n) is 0.694. The van der Waals surface area contributed by atoms with Gasteiger partial charge in [0.15, 0.2) is 11.6 Å². The number of aromatic hydroxyl groups is 1. The van der Waals surface area contributed by atoms with Crippen LogP contribution in [0.25, 0.3) is 0 Å². The number of nitrogen functional groups attached to an aromatic ring is 1. The number of halogens is 1. The summed E-state index contributed by atoms with van der Waals surface area (Å²) >= 11 is 0. The van der Waals surface area contributed by atoms with Crippen LogP contribution in [-0.2, 0) is 0 Å². The zero-order valence-corrected chi connectivity index (χ0v) is 5.50. The van der Waals surface area contributed by atoms with E-state index >= 15 is 0 Å². The average Bonchev–Trinajstić information content (AvgIpc) is 1.99. The molecule has 0 aromatic heterocycles. The molecule has 0 fully saturated rings. The Hall–Kier alpha value is -1.76. The maximum absolute atomic E-state index is 12.7. The van der Waals surface area contributed by atoms with Crippen molar-refractivity contribution < 1.29 is 9.50 Å². The second-order valence-electron chi connectivity index (χ2n) is 1.97. The molecule has 0 amide bonds. The van der Waals surface area contributed by atoms with Crippen LogP contribution in [0.15, 0.2) is 12.1 Å². The minimum atomic E-state index is -0.965. The van der Waals surface area contributed by atoms with Gasteiger partial charge in [-0.2, -0.15) is 5.26 Å². The van der Waals surface area contributed by atoms with Crippen LogP contribution < -0.4 is 5.73 Å². The molecule has 0 radical (unpaired) electrons. The molecule has 0 saturated carbocycles. The largest absolute Gasteiger partial charge is 0.505 e. The van der Waals surface area contributed by atoms with E-state index in [0.717, 1.165) is 6.07 Å². The van der Waals surface area contributed by atoms with Crippen LogP contribution in [0.5, 0.6) is 5.75 Å². The molecule has 1 aromatic carbocycles. The molecule has 0 bridgehead atoms. The summed E-state index contributed by atoms with van der Waals surface area (Å²) in [5.74, 6) is -1.52. The van der Waals surface area contributed by atoms with Crippen LogP contribution >= 0.6 is 0 Å². The Morgan fingerprint density at radius 3 is 2.64 bits per heavy atom. The van der Waals surface area contributed by atoms with E-state index in [1.807, 2.05) is 0 Å². The molecule has 0 aliphatic heterocycles. The minimum absolute atomic E-state index is 0.0304. The molecule has 4 heteroatoms. The first-order chi connectivity index (χ1) is 5.16. The molecule has 56 valence electrons. The van der Waals surface area contributed by atoms with Crippen molar-refractivity contribution in [2.75, 3.05) is 5.73 Å². The summed E-state index contributed by atoms with van der Waals surface area (Å²) in [6.45, 7) is 0. The Morgan fingerprint density at radius 2 is 2.18 bits per heavy atom. The standard InChI is InChI=1S/C7H5FN2O/c8-7-4(3-9)5(10)1-2-6(7)11/h1-2,11H,10H2. The summed E-state index contributed by atoms with van der Waals surface area (Å²) < 4.78 is 12.7.